The molecule has 21 heavy (non-hydrogen) atoms. The van der Waals surface area contributed by atoms with E-state index in [2.05, 4.69) is 5.32 Å². The zero-order valence-electron chi connectivity index (χ0n) is 12.3. The van der Waals surface area contributed by atoms with Crippen molar-refractivity contribution in [1.29, 1.82) is 0 Å². The van der Waals surface area contributed by atoms with Crippen molar-refractivity contribution in [3.63, 3.8) is 0 Å². The number of piperidine rings is 1. The number of amides is 1. The van der Waals surface area contributed by atoms with Gasteiger partial charge in [-0.1, -0.05) is 6.07 Å². The van der Waals surface area contributed by atoms with Crippen LogP contribution in [0.4, 0.5) is 4.39 Å². The largest absolute Gasteiger partial charge is 0.481 e. The third-order valence-corrected chi connectivity index (χ3v) is 3.67. The first-order chi connectivity index (χ1) is 9.60. The van der Waals surface area contributed by atoms with Gasteiger partial charge in [0.2, 0.25) is 0 Å². The van der Waals surface area contributed by atoms with Gasteiger partial charge in [0.25, 0.3) is 5.91 Å². The molecule has 1 amide bonds. The Balaban J connectivity index is 0.00000220. The predicted octanol–water partition coefficient (Wildman–Crippen LogP) is 2.23. The van der Waals surface area contributed by atoms with Crippen LogP contribution in [0.5, 0.6) is 5.75 Å². The minimum Gasteiger partial charge on any atom is -0.481 e. The van der Waals surface area contributed by atoms with Crippen LogP contribution in [0.2, 0.25) is 0 Å². The second-order valence-corrected chi connectivity index (χ2v) is 5.11. The molecule has 1 aliphatic rings. The number of carbonyl (C=O) groups excluding carboxylic acids is 1. The maximum Gasteiger partial charge on any atom is 0.263 e. The highest BCUT2D eigenvalue weighted by molar-refractivity contribution is 5.85. The Hall–Kier alpha value is -1.33. The van der Waals surface area contributed by atoms with Crippen molar-refractivity contribution in [1.82, 2.24) is 10.2 Å². The number of nitrogens with zero attached hydrogens (tertiary/aromatic N) is 1. The number of hydrogen-bond acceptors (Lipinski definition) is 3. The van der Waals surface area contributed by atoms with Gasteiger partial charge < -0.3 is 15.0 Å². The highest BCUT2D eigenvalue weighted by Gasteiger charge is 2.26. The molecule has 0 saturated carbocycles. The monoisotopic (exact) mass is 316 g/mol. The van der Waals surface area contributed by atoms with Gasteiger partial charge in [-0.05, 0) is 38.9 Å². The van der Waals surface area contributed by atoms with Gasteiger partial charge in [0.1, 0.15) is 11.6 Å². The van der Waals surface area contributed by atoms with Crippen LogP contribution in [0.15, 0.2) is 24.3 Å². The summed E-state index contributed by atoms with van der Waals surface area (Å²) in [6, 6.07) is 6.35. The lowest BCUT2D eigenvalue weighted by Crippen LogP contribution is -2.48. The van der Waals surface area contributed by atoms with Gasteiger partial charge in [-0.2, -0.15) is 0 Å². The first-order valence-electron chi connectivity index (χ1n) is 6.98. The zero-order chi connectivity index (χ0) is 14.5. The number of carbonyl (C=O) groups is 1. The molecule has 1 unspecified atom stereocenters. The second-order valence-electron chi connectivity index (χ2n) is 5.11. The standard InChI is InChI=1S/C15H21FN2O2.ClH/c1-11(20-14-5-3-4-12(16)10-14)15(19)18-8-6-13(17-2)7-9-18;/h3-5,10-11,13,17H,6-9H2,1-2H3;1H. The number of hydrogen-bond donors (Lipinski definition) is 1. The van der Waals surface area contributed by atoms with Gasteiger partial charge in [0.05, 0.1) is 0 Å². The molecule has 4 nitrogen and oxygen atoms in total. The van der Waals surface area contributed by atoms with Crippen LogP contribution in [0.1, 0.15) is 19.8 Å². The number of ether oxygens (including phenoxy) is 1. The van der Waals surface area contributed by atoms with E-state index in [1.54, 1.807) is 19.1 Å². The molecular weight excluding hydrogens is 295 g/mol. The molecule has 0 bridgehead atoms. The summed E-state index contributed by atoms with van der Waals surface area (Å²) < 4.78 is 18.6. The molecule has 2 rings (SSSR count). The molecule has 0 radical (unpaired) electrons. The van der Waals surface area contributed by atoms with Crippen molar-refractivity contribution in [3.05, 3.63) is 30.1 Å². The summed E-state index contributed by atoms with van der Waals surface area (Å²) in [7, 11) is 1.94. The fourth-order valence-corrected chi connectivity index (χ4v) is 2.44. The second kappa shape index (κ2) is 8.20. The van der Waals surface area contributed by atoms with Gasteiger partial charge in [-0.15, -0.1) is 12.4 Å². The van der Waals surface area contributed by atoms with Crippen LogP contribution in [0.25, 0.3) is 0 Å². The number of rotatable bonds is 4. The molecule has 1 aliphatic heterocycles. The summed E-state index contributed by atoms with van der Waals surface area (Å²) >= 11 is 0. The highest BCUT2D eigenvalue weighted by Crippen LogP contribution is 2.16. The van der Waals surface area contributed by atoms with E-state index < -0.39 is 6.10 Å². The fraction of sp³-hybridized carbons (Fsp3) is 0.533. The Morgan fingerprint density at radius 3 is 2.67 bits per heavy atom. The smallest absolute Gasteiger partial charge is 0.263 e. The number of nitrogens with one attached hydrogen (secondary N) is 1. The van der Waals surface area contributed by atoms with E-state index >= 15 is 0 Å². The third kappa shape index (κ3) is 4.86. The van der Waals surface area contributed by atoms with Crippen LogP contribution < -0.4 is 10.1 Å². The van der Waals surface area contributed by atoms with Gasteiger partial charge in [-0.25, -0.2) is 4.39 Å². The van der Waals surface area contributed by atoms with Crippen LogP contribution in [0.3, 0.4) is 0 Å². The van der Waals surface area contributed by atoms with Crippen molar-refractivity contribution in [3.8, 4) is 5.75 Å². The van der Waals surface area contributed by atoms with E-state index in [9.17, 15) is 9.18 Å². The van der Waals surface area contributed by atoms with Gasteiger partial charge in [0, 0.05) is 25.2 Å². The van der Waals surface area contributed by atoms with Crippen LogP contribution in [0, 0.1) is 5.82 Å². The lowest BCUT2D eigenvalue weighted by Gasteiger charge is -2.33. The molecule has 1 heterocycles. The average Bonchev–Trinajstić information content (AvgIpc) is 2.46. The highest BCUT2D eigenvalue weighted by atomic mass is 35.5. The maximum atomic E-state index is 13.1. The van der Waals surface area contributed by atoms with E-state index in [1.807, 2.05) is 11.9 Å². The van der Waals surface area contributed by atoms with Crippen molar-refractivity contribution < 1.29 is 13.9 Å². The topological polar surface area (TPSA) is 41.6 Å². The van der Waals surface area contributed by atoms with E-state index in [1.165, 1.54) is 12.1 Å². The molecule has 1 aromatic rings. The zero-order valence-corrected chi connectivity index (χ0v) is 13.2. The number of halogens is 2. The first-order valence-corrected chi connectivity index (χ1v) is 6.98. The SMILES string of the molecule is CNC1CCN(C(=O)C(C)Oc2cccc(F)c2)CC1.Cl. The number of benzene rings is 1. The molecule has 6 heteroatoms. The normalized spacial score (nSPS) is 17.0. The first kappa shape index (κ1) is 17.7. The van der Waals surface area contributed by atoms with Gasteiger partial charge in [0.15, 0.2) is 6.10 Å². The molecule has 0 aliphatic carbocycles. The van der Waals surface area contributed by atoms with Crippen molar-refractivity contribution >= 4 is 18.3 Å². The Morgan fingerprint density at radius 1 is 1.43 bits per heavy atom. The minimum absolute atomic E-state index is 0. The van der Waals surface area contributed by atoms with Crippen LogP contribution in [-0.2, 0) is 4.79 Å². The number of likely N-dealkylation sites (tertiary alicyclic amines) is 1. The predicted molar refractivity (Wildman–Crippen MR) is 82.4 cm³/mol. The fourth-order valence-electron chi connectivity index (χ4n) is 2.44. The Kier molecular flexibility index (Phi) is 6.92. The van der Waals surface area contributed by atoms with Crippen molar-refractivity contribution in [2.75, 3.05) is 20.1 Å². The molecular formula is C15H22ClFN2O2. The molecule has 118 valence electrons. The van der Waals surface area contributed by atoms with Crippen molar-refractivity contribution in [2.24, 2.45) is 0 Å². The Bertz CT molecular complexity index is 465. The molecule has 1 fully saturated rings. The molecule has 1 atom stereocenters. The summed E-state index contributed by atoms with van der Waals surface area (Å²) in [6.07, 6.45) is 1.31. The molecule has 0 spiro atoms. The summed E-state index contributed by atoms with van der Waals surface area (Å²) in [5, 5.41) is 3.23. The molecule has 1 aromatic carbocycles. The Labute approximate surface area is 131 Å². The van der Waals surface area contributed by atoms with Crippen LogP contribution in [-0.4, -0.2) is 43.1 Å². The molecule has 0 aromatic heterocycles. The van der Waals surface area contributed by atoms with E-state index in [-0.39, 0.29) is 24.1 Å². The third-order valence-electron chi connectivity index (χ3n) is 3.67. The van der Waals surface area contributed by atoms with Crippen molar-refractivity contribution in [2.45, 2.75) is 31.9 Å². The minimum atomic E-state index is -0.595. The quantitative estimate of drug-likeness (QED) is 0.926. The lowest BCUT2D eigenvalue weighted by molar-refractivity contribution is -0.139. The van der Waals surface area contributed by atoms with Crippen LogP contribution >= 0.6 is 12.4 Å². The molecule has 1 saturated heterocycles. The average molecular weight is 317 g/mol. The van der Waals surface area contributed by atoms with E-state index in [0.29, 0.717) is 11.8 Å². The van der Waals surface area contributed by atoms with Gasteiger partial charge >= 0.3 is 0 Å². The summed E-state index contributed by atoms with van der Waals surface area (Å²) in [5.74, 6) is -0.0169. The lowest BCUT2D eigenvalue weighted by atomic mass is 10.0. The molecule has 1 N–H and O–H groups in total. The maximum absolute atomic E-state index is 13.1. The summed E-state index contributed by atoms with van der Waals surface area (Å²) in [5.41, 5.74) is 0. The van der Waals surface area contributed by atoms with E-state index in [0.717, 1.165) is 25.9 Å². The van der Waals surface area contributed by atoms with Gasteiger partial charge in [-0.3, -0.25) is 4.79 Å². The van der Waals surface area contributed by atoms with E-state index in [4.69, 9.17) is 4.74 Å². The Morgan fingerprint density at radius 2 is 2.10 bits per heavy atom. The summed E-state index contributed by atoms with van der Waals surface area (Å²) in [6.45, 7) is 3.18. The summed E-state index contributed by atoms with van der Waals surface area (Å²) in [4.78, 5) is 14.1.